The number of furan rings is 1. The normalized spacial score (nSPS) is 15.8. The van der Waals surface area contributed by atoms with Crippen molar-refractivity contribution in [2.75, 3.05) is 7.05 Å². The van der Waals surface area contributed by atoms with E-state index in [1.54, 1.807) is 6.26 Å². The van der Waals surface area contributed by atoms with Gasteiger partial charge < -0.3 is 9.73 Å². The molecule has 2 heteroatoms. The minimum absolute atomic E-state index is 0.424. The molecule has 0 aliphatic heterocycles. The molecule has 1 aromatic heterocycles. The van der Waals surface area contributed by atoms with Gasteiger partial charge in [0, 0.05) is 6.04 Å². The van der Waals surface area contributed by atoms with Gasteiger partial charge in [-0.05, 0) is 49.3 Å². The van der Waals surface area contributed by atoms with E-state index < -0.39 is 0 Å². The summed E-state index contributed by atoms with van der Waals surface area (Å²) in [6, 6.07) is 2.60. The van der Waals surface area contributed by atoms with Gasteiger partial charge in [0.2, 0.25) is 0 Å². The van der Waals surface area contributed by atoms with Crippen molar-refractivity contribution in [3.63, 3.8) is 0 Å². The molecule has 1 rings (SSSR count). The number of hydrogen-bond acceptors (Lipinski definition) is 2. The molecule has 1 heterocycles. The molecule has 0 aliphatic carbocycles. The van der Waals surface area contributed by atoms with Crippen molar-refractivity contribution in [2.24, 2.45) is 11.3 Å². The Kier molecular flexibility index (Phi) is 5.26. The zero-order chi connectivity index (χ0) is 12.9. The third kappa shape index (κ3) is 5.92. The Hall–Kier alpha value is -0.760. The first-order valence-electron chi connectivity index (χ1n) is 6.59. The molecule has 2 nitrogen and oxygen atoms in total. The summed E-state index contributed by atoms with van der Waals surface area (Å²) in [4.78, 5) is 0. The first-order chi connectivity index (χ1) is 7.90. The zero-order valence-corrected chi connectivity index (χ0v) is 11.9. The van der Waals surface area contributed by atoms with Crippen LogP contribution >= 0.6 is 0 Å². The van der Waals surface area contributed by atoms with Crippen molar-refractivity contribution in [2.45, 2.75) is 53.0 Å². The molecule has 0 aromatic carbocycles. The third-order valence-corrected chi connectivity index (χ3v) is 3.12. The number of nitrogens with one attached hydrogen (secondary N) is 1. The Morgan fingerprint density at radius 2 is 2.06 bits per heavy atom. The fourth-order valence-electron chi connectivity index (χ4n) is 2.61. The van der Waals surface area contributed by atoms with Crippen molar-refractivity contribution in [3.05, 3.63) is 24.2 Å². The van der Waals surface area contributed by atoms with E-state index in [1.165, 1.54) is 18.4 Å². The Balaban J connectivity index is 2.41. The van der Waals surface area contributed by atoms with Gasteiger partial charge in [-0.25, -0.2) is 0 Å². The monoisotopic (exact) mass is 237 g/mol. The number of rotatable bonds is 6. The van der Waals surface area contributed by atoms with Crippen LogP contribution in [0.5, 0.6) is 0 Å². The second kappa shape index (κ2) is 6.25. The molecular weight excluding hydrogens is 210 g/mol. The van der Waals surface area contributed by atoms with Crippen molar-refractivity contribution < 1.29 is 4.42 Å². The molecule has 0 radical (unpaired) electrons. The van der Waals surface area contributed by atoms with Crippen LogP contribution in [-0.4, -0.2) is 13.1 Å². The first kappa shape index (κ1) is 14.3. The van der Waals surface area contributed by atoms with E-state index in [2.05, 4.69) is 46.1 Å². The Labute approximate surface area is 106 Å². The maximum atomic E-state index is 5.12. The minimum atomic E-state index is 0.424. The molecule has 1 N–H and O–H groups in total. The summed E-state index contributed by atoms with van der Waals surface area (Å²) in [7, 11) is 2.05. The Morgan fingerprint density at radius 3 is 2.53 bits per heavy atom. The molecule has 0 bridgehead atoms. The second-order valence-electron chi connectivity index (χ2n) is 6.43. The standard InChI is InChI=1S/C15H27NO/c1-12(10-15(2,3)4)8-14(16-5)9-13-6-7-17-11-13/h6-7,11-12,14,16H,8-10H2,1-5H3. The van der Waals surface area contributed by atoms with E-state index in [-0.39, 0.29) is 0 Å². The van der Waals surface area contributed by atoms with Gasteiger partial charge in [0.05, 0.1) is 12.5 Å². The molecule has 17 heavy (non-hydrogen) atoms. The van der Waals surface area contributed by atoms with Crippen molar-refractivity contribution in [3.8, 4) is 0 Å². The van der Waals surface area contributed by atoms with Gasteiger partial charge in [0.15, 0.2) is 0 Å². The summed E-state index contributed by atoms with van der Waals surface area (Å²) in [5.74, 6) is 0.749. The lowest BCUT2D eigenvalue weighted by Crippen LogP contribution is -2.30. The third-order valence-electron chi connectivity index (χ3n) is 3.12. The topological polar surface area (TPSA) is 25.2 Å². The summed E-state index contributed by atoms with van der Waals surface area (Å²) in [5.41, 5.74) is 1.71. The van der Waals surface area contributed by atoms with E-state index in [0.29, 0.717) is 11.5 Å². The van der Waals surface area contributed by atoms with E-state index in [4.69, 9.17) is 4.42 Å². The molecule has 0 fully saturated rings. The quantitative estimate of drug-likeness (QED) is 0.812. The van der Waals surface area contributed by atoms with Gasteiger partial charge >= 0.3 is 0 Å². The molecule has 98 valence electrons. The average Bonchev–Trinajstić information content (AvgIpc) is 2.66. The van der Waals surface area contributed by atoms with Crippen molar-refractivity contribution in [1.82, 2.24) is 5.32 Å². The lowest BCUT2D eigenvalue weighted by molar-refractivity contribution is 0.277. The van der Waals surface area contributed by atoms with Crippen molar-refractivity contribution in [1.29, 1.82) is 0 Å². The van der Waals surface area contributed by atoms with Crippen LogP contribution in [0.1, 0.15) is 46.1 Å². The molecule has 0 saturated carbocycles. The van der Waals surface area contributed by atoms with E-state index in [9.17, 15) is 0 Å². The predicted octanol–water partition coefficient (Wildman–Crippen LogP) is 3.87. The Bertz CT molecular complexity index is 297. The fraction of sp³-hybridized carbons (Fsp3) is 0.733. The second-order valence-corrected chi connectivity index (χ2v) is 6.43. The highest BCUT2D eigenvalue weighted by Crippen LogP contribution is 2.27. The first-order valence-corrected chi connectivity index (χ1v) is 6.59. The van der Waals surface area contributed by atoms with Gasteiger partial charge in [-0.15, -0.1) is 0 Å². The Morgan fingerprint density at radius 1 is 1.35 bits per heavy atom. The largest absolute Gasteiger partial charge is 0.472 e. The molecule has 1 aromatic rings. The van der Waals surface area contributed by atoms with Crippen LogP contribution in [0.15, 0.2) is 23.0 Å². The van der Waals surface area contributed by atoms with Crippen molar-refractivity contribution >= 4 is 0 Å². The molecule has 0 aliphatic rings. The summed E-state index contributed by atoms with van der Waals surface area (Å²) in [6.07, 6.45) is 7.15. The molecule has 0 spiro atoms. The SMILES string of the molecule is CNC(Cc1ccoc1)CC(C)CC(C)(C)C. The smallest absolute Gasteiger partial charge is 0.0935 e. The van der Waals surface area contributed by atoms with E-state index in [1.807, 2.05) is 6.26 Å². The van der Waals surface area contributed by atoms with E-state index >= 15 is 0 Å². The van der Waals surface area contributed by atoms with Gasteiger partial charge in [0.25, 0.3) is 0 Å². The maximum absolute atomic E-state index is 5.12. The molecule has 2 unspecified atom stereocenters. The molecule has 2 atom stereocenters. The van der Waals surface area contributed by atoms with Gasteiger partial charge in [0.1, 0.15) is 0 Å². The van der Waals surface area contributed by atoms with Crippen LogP contribution in [0.25, 0.3) is 0 Å². The lowest BCUT2D eigenvalue weighted by Gasteiger charge is -2.26. The van der Waals surface area contributed by atoms with Gasteiger partial charge in [-0.3, -0.25) is 0 Å². The van der Waals surface area contributed by atoms with Gasteiger partial charge in [-0.2, -0.15) is 0 Å². The van der Waals surface area contributed by atoms with Crippen LogP contribution in [0.4, 0.5) is 0 Å². The van der Waals surface area contributed by atoms with Crippen LogP contribution in [0, 0.1) is 11.3 Å². The minimum Gasteiger partial charge on any atom is -0.472 e. The van der Waals surface area contributed by atoms with Crippen LogP contribution in [0.3, 0.4) is 0 Å². The molecule has 0 saturated heterocycles. The molecular formula is C15H27NO. The van der Waals surface area contributed by atoms with Crippen LogP contribution in [-0.2, 0) is 6.42 Å². The number of likely N-dealkylation sites (N-methyl/N-ethyl adjacent to an activating group) is 1. The highest BCUT2D eigenvalue weighted by Gasteiger charge is 2.18. The summed E-state index contributed by atoms with van der Waals surface area (Å²) >= 11 is 0. The highest BCUT2D eigenvalue weighted by molar-refractivity contribution is 5.07. The predicted molar refractivity (Wildman–Crippen MR) is 73.1 cm³/mol. The summed E-state index contributed by atoms with van der Waals surface area (Å²) in [6.45, 7) is 9.29. The average molecular weight is 237 g/mol. The van der Waals surface area contributed by atoms with Crippen LogP contribution in [0.2, 0.25) is 0 Å². The highest BCUT2D eigenvalue weighted by atomic mass is 16.3. The lowest BCUT2D eigenvalue weighted by atomic mass is 9.82. The summed E-state index contributed by atoms with van der Waals surface area (Å²) in [5, 5.41) is 3.42. The fourth-order valence-corrected chi connectivity index (χ4v) is 2.61. The van der Waals surface area contributed by atoms with Crippen LogP contribution < -0.4 is 5.32 Å². The molecule has 0 amide bonds. The maximum Gasteiger partial charge on any atom is 0.0935 e. The van der Waals surface area contributed by atoms with E-state index in [0.717, 1.165) is 12.3 Å². The summed E-state index contributed by atoms with van der Waals surface area (Å²) < 4.78 is 5.12. The number of hydrogen-bond donors (Lipinski definition) is 1. The zero-order valence-electron chi connectivity index (χ0n) is 11.9. The van der Waals surface area contributed by atoms with Gasteiger partial charge in [-0.1, -0.05) is 27.7 Å².